The highest BCUT2D eigenvalue weighted by atomic mass is 16.5. The van der Waals surface area contributed by atoms with Crippen molar-refractivity contribution in [3.8, 4) is 5.75 Å². The summed E-state index contributed by atoms with van der Waals surface area (Å²) in [7, 11) is 0. The average Bonchev–Trinajstić information content (AvgIpc) is 2.96. The first-order chi connectivity index (χ1) is 18.8. The van der Waals surface area contributed by atoms with Crippen molar-refractivity contribution in [2.75, 3.05) is 19.7 Å². The number of ether oxygens (including phenoxy) is 1. The minimum Gasteiger partial charge on any atom is -0.494 e. The van der Waals surface area contributed by atoms with Crippen molar-refractivity contribution >= 4 is 18.2 Å². The molecular formula is C30H41N3O6. The van der Waals surface area contributed by atoms with E-state index in [1.54, 1.807) is 54.6 Å². The second-order valence-corrected chi connectivity index (χ2v) is 8.04. The fourth-order valence-electron chi connectivity index (χ4n) is 2.83. The van der Waals surface area contributed by atoms with Gasteiger partial charge in [-0.25, -0.2) is 4.79 Å². The molecule has 212 valence electrons. The zero-order valence-electron chi connectivity index (χ0n) is 22.4. The number of aromatic carboxylic acids is 1. The Kier molecular flexibility index (Phi) is 20.7. The smallest absolute Gasteiger partial charge is 0.335 e. The number of hydrogen-bond acceptors (Lipinski definition) is 7. The molecule has 39 heavy (non-hydrogen) atoms. The highest BCUT2D eigenvalue weighted by Gasteiger charge is 2.09. The maximum absolute atomic E-state index is 10.2. The maximum Gasteiger partial charge on any atom is 0.335 e. The predicted molar refractivity (Wildman–Crippen MR) is 154 cm³/mol. The second-order valence-electron chi connectivity index (χ2n) is 8.04. The lowest BCUT2D eigenvalue weighted by molar-refractivity contribution is -0.138. The van der Waals surface area contributed by atoms with Crippen LogP contribution in [0.1, 0.15) is 52.5 Å². The van der Waals surface area contributed by atoms with Crippen molar-refractivity contribution in [3.05, 3.63) is 102 Å². The first-order valence-electron chi connectivity index (χ1n) is 12.7. The number of unbranched alkanes of at least 4 members (excludes halogenated alkanes) is 1. The summed E-state index contributed by atoms with van der Waals surface area (Å²) < 4.78 is 5.19. The molecule has 0 unspecified atom stereocenters. The molecule has 0 fully saturated rings. The van der Waals surface area contributed by atoms with Gasteiger partial charge in [0.2, 0.25) is 0 Å². The van der Waals surface area contributed by atoms with E-state index in [4.69, 9.17) is 32.2 Å². The van der Waals surface area contributed by atoms with Crippen LogP contribution in [0.4, 0.5) is 0 Å². The van der Waals surface area contributed by atoms with Crippen molar-refractivity contribution in [2.45, 2.75) is 38.6 Å². The number of benzene rings is 3. The molecule has 0 heterocycles. The van der Waals surface area contributed by atoms with Gasteiger partial charge >= 0.3 is 11.9 Å². The lowest BCUT2D eigenvalue weighted by atomic mass is 10.1. The third-order valence-corrected chi connectivity index (χ3v) is 4.91. The van der Waals surface area contributed by atoms with E-state index in [9.17, 15) is 14.4 Å². The van der Waals surface area contributed by atoms with E-state index in [1.807, 2.05) is 25.1 Å². The summed E-state index contributed by atoms with van der Waals surface area (Å²) in [5.41, 5.74) is 18.1. The van der Waals surface area contributed by atoms with Crippen LogP contribution >= 0.6 is 0 Å². The molecule has 3 aromatic carbocycles. The van der Waals surface area contributed by atoms with Crippen LogP contribution in [0, 0.1) is 0 Å². The fourth-order valence-corrected chi connectivity index (χ4v) is 2.83. The zero-order chi connectivity index (χ0) is 29.3. The summed E-state index contributed by atoms with van der Waals surface area (Å²) in [4.78, 5) is 30.6. The number of aldehydes is 1. The van der Waals surface area contributed by atoms with Gasteiger partial charge < -0.3 is 32.2 Å². The number of carbonyl (C=O) groups excluding carboxylic acids is 1. The summed E-state index contributed by atoms with van der Waals surface area (Å²) in [6, 6.07) is 24.9. The van der Waals surface area contributed by atoms with Crippen molar-refractivity contribution in [2.24, 2.45) is 17.2 Å². The summed E-state index contributed by atoms with van der Waals surface area (Å²) in [5, 5.41) is 16.7. The Morgan fingerprint density at radius 3 is 1.82 bits per heavy atom. The van der Waals surface area contributed by atoms with Gasteiger partial charge in [-0.3, -0.25) is 9.59 Å². The van der Waals surface area contributed by atoms with Crippen LogP contribution in [0.3, 0.4) is 0 Å². The van der Waals surface area contributed by atoms with E-state index in [2.05, 4.69) is 12.1 Å². The first kappa shape index (κ1) is 35.0. The Hall–Kier alpha value is -4.05. The van der Waals surface area contributed by atoms with E-state index in [0.717, 1.165) is 37.8 Å². The minimum atomic E-state index is -0.933. The molecule has 0 aromatic heterocycles. The number of carbonyl (C=O) groups is 3. The Bertz CT molecular complexity index is 1030. The van der Waals surface area contributed by atoms with Gasteiger partial charge in [-0.2, -0.15) is 0 Å². The SMILES string of the molecule is CCOc1ccc(C=O)cc1.NCCCC[C@H](N)C(=O)O.NCCc1ccccc1.O=C(O)c1ccccc1. The molecule has 0 amide bonds. The molecule has 9 nitrogen and oxygen atoms in total. The van der Waals surface area contributed by atoms with Gasteiger partial charge in [0.1, 0.15) is 18.1 Å². The topological polar surface area (TPSA) is 179 Å². The molecule has 0 aliphatic rings. The molecule has 0 saturated carbocycles. The Balaban J connectivity index is 0.000000495. The number of nitrogens with two attached hydrogens (primary N) is 3. The highest BCUT2D eigenvalue weighted by Crippen LogP contribution is 2.10. The van der Waals surface area contributed by atoms with Crippen LogP contribution in [-0.4, -0.2) is 54.2 Å². The number of carboxylic acid groups (broad SMARTS) is 2. The third kappa shape index (κ3) is 18.8. The monoisotopic (exact) mass is 539 g/mol. The highest BCUT2D eigenvalue weighted by molar-refractivity contribution is 5.87. The molecule has 0 spiro atoms. The molecular weight excluding hydrogens is 498 g/mol. The first-order valence-corrected chi connectivity index (χ1v) is 12.7. The number of rotatable bonds is 11. The lowest BCUT2D eigenvalue weighted by Gasteiger charge is -2.03. The quantitative estimate of drug-likeness (QED) is 0.178. The molecule has 0 bridgehead atoms. The molecule has 0 radical (unpaired) electrons. The third-order valence-electron chi connectivity index (χ3n) is 4.91. The van der Waals surface area contributed by atoms with Crippen LogP contribution in [0.5, 0.6) is 5.75 Å². The Morgan fingerprint density at radius 2 is 1.41 bits per heavy atom. The van der Waals surface area contributed by atoms with Crippen LogP contribution in [-0.2, 0) is 11.2 Å². The Labute approximate surface area is 230 Å². The van der Waals surface area contributed by atoms with E-state index < -0.39 is 18.0 Å². The molecule has 0 saturated heterocycles. The van der Waals surface area contributed by atoms with Crippen LogP contribution in [0.2, 0.25) is 0 Å². The zero-order valence-corrected chi connectivity index (χ0v) is 22.4. The summed E-state index contributed by atoms with van der Waals surface area (Å²) in [6.45, 7) is 3.92. The molecule has 3 aromatic rings. The van der Waals surface area contributed by atoms with Gasteiger partial charge in [-0.1, -0.05) is 55.0 Å². The van der Waals surface area contributed by atoms with Gasteiger partial charge in [-0.05, 0) is 81.2 Å². The van der Waals surface area contributed by atoms with Gasteiger partial charge in [0.15, 0.2) is 0 Å². The maximum atomic E-state index is 10.2. The summed E-state index contributed by atoms with van der Waals surface area (Å²) in [5.74, 6) is -1.01. The molecule has 3 rings (SSSR count). The largest absolute Gasteiger partial charge is 0.494 e. The number of hydrogen-bond donors (Lipinski definition) is 5. The van der Waals surface area contributed by atoms with Gasteiger partial charge in [-0.15, -0.1) is 0 Å². The lowest BCUT2D eigenvalue weighted by Crippen LogP contribution is -2.29. The van der Waals surface area contributed by atoms with Crippen molar-refractivity contribution in [3.63, 3.8) is 0 Å². The minimum absolute atomic E-state index is 0.331. The van der Waals surface area contributed by atoms with Crippen LogP contribution in [0.15, 0.2) is 84.9 Å². The number of aliphatic carboxylic acids is 1. The summed E-state index contributed by atoms with van der Waals surface area (Å²) >= 11 is 0. The van der Waals surface area contributed by atoms with Crippen molar-refractivity contribution < 1.29 is 29.3 Å². The van der Waals surface area contributed by atoms with Crippen molar-refractivity contribution in [1.29, 1.82) is 0 Å². The molecule has 9 heteroatoms. The van der Waals surface area contributed by atoms with E-state index in [1.165, 1.54) is 5.56 Å². The van der Waals surface area contributed by atoms with E-state index in [0.29, 0.717) is 30.7 Å². The molecule has 0 aliphatic heterocycles. The van der Waals surface area contributed by atoms with Gasteiger partial charge in [0, 0.05) is 5.56 Å². The standard InChI is InChI=1S/C9H10O2.C8H11N.C7H6O2.C6H14N2O2/c1-2-11-9-5-3-8(7-10)4-6-9;9-7-6-8-4-2-1-3-5-8;8-7(9)6-4-2-1-3-5-6;7-4-2-1-3-5(8)6(9)10/h3-7H,2H2,1H3;1-5H,6-7,9H2;1-5H,(H,8,9);5H,1-4,7-8H2,(H,9,10)/t;;;5-/m...0/s1. The van der Waals surface area contributed by atoms with E-state index >= 15 is 0 Å². The van der Waals surface area contributed by atoms with Crippen molar-refractivity contribution in [1.82, 2.24) is 0 Å². The molecule has 0 aliphatic carbocycles. The molecule has 8 N–H and O–H groups in total. The second kappa shape index (κ2) is 23.1. The van der Waals surface area contributed by atoms with Gasteiger partial charge in [0.25, 0.3) is 0 Å². The molecule has 1 atom stereocenters. The average molecular weight is 540 g/mol. The predicted octanol–water partition coefficient (Wildman–Crippen LogP) is 4.00. The van der Waals surface area contributed by atoms with Crippen LogP contribution < -0.4 is 21.9 Å². The normalized spacial score (nSPS) is 10.2. The van der Waals surface area contributed by atoms with E-state index in [-0.39, 0.29) is 0 Å². The number of carboxylic acids is 2. The van der Waals surface area contributed by atoms with Gasteiger partial charge in [0.05, 0.1) is 12.2 Å². The Morgan fingerprint density at radius 1 is 0.846 bits per heavy atom. The van der Waals surface area contributed by atoms with Crippen LogP contribution in [0.25, 0.3) is 0 Å². The summed E-state index contributed by atoms with van der Waals surface area (Å²) in [6.07, 6.45) is 3.97. The fraction of sp³-hybridized carbons (Fsp3) is 0.300.